The molecule has 0 aliphatic carbocycles. The minimum absolute atomic E-state index is 0.108. The van der Waals surface area contributed by atoms with Crippen molar-refractivity contribution >= 4 is 29.2 Å². The van der Waals surface area contributed by atoms with Gasteiger partial charge in [0.05, 0.1) is 25.6 Å². The lowest BCUT2D eigenvalue weighted by Crippen LogP contribution is -2.28. The molecule has 1 aromatic rings. The lowest BCUT2D eigenvalue weighted by atomic mass is 10.4. The van der Waals surface area contributed by atoms with Crippen molar-refractivity contribution in [3.8, 4) is 0 Å². The third-order valence-electron chi connectivity index (χ3n) is 2.30. The van der Waals surface area contributed by atoms with Crippen molar-refractivity contribution in [1.29, 1.82) is 0 Å². The minimum atomic E-state index is -0.620. The first kappa shape index (κ1) is 16.9. The molecule has 0 aliphatic heterocycles. The number of carbonyl (C=O) groups excluding carboxylic acids is 2. The summed E-state index contributed by atoms with van der Waals surface area (Å²) in [7, 11) is 1.21. The number of hydrogen-bond donors (Lipinski definition) is 2. The molecule has 0 saturated carbocycles. The lowest BCUT2D eigenvalue weighted by molar-refractivity contribution is -0.141. The third kappa shape index (κ3) is 5.40. The van der Waals surface area contributed by atoms with E-state index in [1.54, 1.807) is 0 Å². The van der Waals surface area contributed by atoms with Gasteiger partial charge < -0.3 is 20.5 Å². The van der Waals surface area contributed by atoms with Crippen molar-refractivity contribution in [2.45, 2.75) is 6.54 Å². The highest BCUT2D eigenvalue weighted by atomic mass is 35.5. The van der Waals surface area contributed by atoms with E-state index in [-0.39, 0.29) is 24.8 Å². The van der Waals surface area contributed by atoms with Crippen LogP contribution in [-0.2, 0) is 25.6 Å². The number of anilines is 1. The van der Waals surface area contributed by atoms with Crippen molar-refractivity contribution in [1.82, 2.24) is 9.78 Å². The maximum Gasteiger partial charge on any atom is 0.327 e. The molecular formula is C11H15ClN4O5. The second kappa shape index (κ2) is 8.22. The number of aromatic nitrogens is 2. The quantitative estimate of drug-likeness (QED) is 0.464. The number of amides is 1. The highest BCUT2D eigenvalue weighted by molar-refractivity contribution is 6.32. The summed E-state index contributed by atoms with van der Waals surface area (Å²) < 4.78 is 10.3. The van der Waals surface area contributed by atoms with Gasteiger partial charge in [-0.3, -0.25) is 14.4 Å². The number of primary amides is 1. The molecule has 21 heavy (non-hydrogen) atoms. The maximum atomic E-state index is 11.8. The largest absolute Gasteiger partial charge is 0.468 e. The minimum Gasteiger partial charge on any atom is -0.468 e. The van der Waals surface area contributed by atoms with Gasteiger partial charge >= 0.3 is 5.97 Å². The molecule has 0 saturated heterocycles. The Labute approximate surface area is 125 Å². The van der Waals surface area contributed by atoms with Gasteiger partial charge in [-0.25, -0.2) is 4.68 Å². The van der Waals surface area contributed by atoms with E-state index in [2.05, 4.69) is 15.2 Å². The van der Waals surface area contributed by atoms with Gasteiger partial charge in [0.1, 0.15) is 18.2 Å². The molecule has 1 rings (SSSR count). The molecule has 0 radical (unpaired) electrons. The number of hydrogen-bond acceptors (Lipinski definition) is 7. The van der Waals surface area contributed by atoms with Crippen LogP contribution >= 0.6 is 11.6 Å². The Morgan fingerprint density at radius 3 is 2.86 bits per heavy atom. The second-order valence-electron chi connectivity index (χ2n) is 3.86. The summed E-state index contributed by atoms with van der Waals surface area (Å²) in [6.45, 7) is -0.00884. The zero-order valence-electron chi connectivity index (χ0n) is 11.3. The summed E-state index contributed by atoms with van der Waals surface area (Å²) in [4.78, 5) is 33.4. The summed E-state index contributed by atoms with van der Waals surface area (Å²) in [6, 6.07) is 0. The summed E-state index contributed by atoms with van der Waals surface area (Å²) in [5.74, 6) is -1.18. The van der Waals surface area contributed by atoms with E-state index in [9.17, 15) is 14.4 Å². The van der Waals surface area contributed by atoms with Crippen molar-refractivity contribution in [2.24, 2.45) is 5.73 Å². The van der Waals surface area contributed by atoms with Crippen molar-refractivity contribution in [3.05, 3.63) is 21.6 Å². The molecule has 3 N–H and O–H groups in total. The van der Waals surface area contributed by atoms with Gasteiger partial charge in [-0.1, -0.05) is 11.6 Å². The van der Waals surface area contributed by atoms with Crippen LogP contribution in [0.4, 0.5) is 5.69 Å². The Morgan fingerprint density at radius 1 is 1.52 bits per heavy atom. The van der Waals surface area contributed by atoms with Gasteiger partial charge in [-0.15, -0.1) is 0 Å². The van der Waals surface area contributed by atoms with E-state index in [4.69, 9.17) is 22.1 Å². The van der Waals surface area contributed by atoms with E-state index in [0.29, 0.717) is 12.2 Å². The molecule has 0 unspecified atom stereocenters. The molecule has 0 atom stereocenters. The fourth-order valence-corrected chi connectivity index (χ4v) is 1.53. The molecule has 0 spiro atoms. The summed E-state index contributed by atoms with van der Waals surface area (Å²) >= 11 is 5.89. The predicted molar refractivity (Wildman–Crippen MR) is 74.0 cm³/mol. The van der Waals surface area contributed by atoms with Gasteiger partial charge in [-0.05, 0) is 0 Å². The Kier molecular flexibility index (Phi) is 6.63. The SMILES string of the molecule is COC(=O)Cn1ncc(NCCOCC(N)=O)c(Cl)c1=O. The molecule has 1 amide bonds. The first-order valence-corrected chi connectivity index (χ1v) is 6.26. The van der Waals surface area contributed by atoms with E-state index in [1.165, 1.54) is 13.3 Å². The number of rotatable bonds is 8. The van der Waals surface area contributed by atoms with Gasteiger partial charge in [0, 0.05) is 6.54 Å². The topological polar surface area (TPSA) is 126 Å². The van der Waals surface area contributed by atoms with Crippen LogP contribution in [0, 0.1) is 0 Å². The van der Waals surface area contributed by atoms with Gasteiger partial charge in [0.25, 0.3) is 5.56 Å². The van der Waals surface area contributed by atoms with Crippen LogP contribution < -0.4 is 16.6 Å². The molecule has 116 valence electrons. The van der Waals surface area contributed by atoms with Crippen LogP contribution in [0.2, 0.25) is 5.02 Å². The van der Waals surface area contributed by atoms with Gasteiger partial charge in [-0.2, -0.15) is 5.10 Å². The number of methoxy groups -OCH3 is 1. The summed E-state index contributed by atoms with van der Waals surface area (Å²) in [6.07, 6.45) is 1.31. The van der Waals surface area contributed by atoms with Crippen LogP contribution in [0.3, 0.4) is 0 Å². The molecule has 0 aliphatic rings. The van der Waals surface area contributed by atoms with E-state index < -0.39 is 17.4 Å². The zero-order valence-corrected chi connectivity index (χ0v) is 12.1. The number of ether oxygens (including phenoxy) is 2. The van der Waals surface area contributed by atoms with Crippen molar-refractivity contribution in [3.63, 3.8) is 0 Å². The number of carbonyl (C=O) groups is 2. The number of esters is 1. The smallest absolute Gasteiger partial charge is 0.327 e. The molecule has 1 heterocycles. The van der Waals surface area contributed by atoms with E-state index in [0.717, 1.165) is 4.68 Å². The van der Waals surface area contributed by atoms with Crippen LogP contribution in [0.15, 0.2) is 11.0 Å². The highest BCUT2D eigenvalue weighted by Crippen LogP contribution is 2.14. The molecular weight excluding hydrogens is 304 g/mol. The third-order valence-corrected chi connectivity index (χ3v) is 2.66. The van der Waals surface area contributed by atoms with E-state index >= 15 is 0 Å². The Balaban J connectivity index is 2.61. The van der Waals surface area contributed by atoms with Gasteiger partial charge in [0.2, 0.25) is 5.91 Å². The second-order valence-corrected chi connectivity index (χ2v) is 4.23. The molecule has 0 aromatic carbocycles. The van der Waals surface area contributed by atoms with Gasteiger partial charge in [0.15, 0.2) is 0 Å². The Hall–Kier alpha value is -2.13. The van der Waals surface area contributed by atoms with Crippen molar-refractivity contribution < 1.29 is 19.1 Å². The molecule has 0 bridgehead atoms. The maximum absolute atomic E-state index is 11.8. The standard InChI is InChI=1S/C11H15ClN4O5/c1-20-9(18)5-16-11(19)10(12)7(4-15-16)14-2-3-21-6-8(13)17/h4,14H,2-3,5-6H2,1H3,(H2,13,17). The highest BCUT2D eigenvalue weighted by Gasteiger charge is 2.11. The zero-order chi connectivity index (χ0) is 15.8. The fourth-order valence-electron chi connectivity index (χ4n) is 1.32. The Morgan fingerprint density at radius 2 is 2.24 bits per heavy atom. The van der Waals surface area contributed by atoms with Crippen LogP contribution in [-0.4, -0.2) is 48.5 Å². The van der Waals surface area contributed by atoms with E-state index in [1.807, 2.05) is 0 Å². The predicted octanol–water partition coefficient (Wildman–Crippen LogP) is -1.02. The Bertz CT molecular complexity index is 574. The van der Waals surface area contributed by atoms with Crippen molar-refractivity contribution in [2.75, 3.05) is 32.2 Å². The normalized spacial score (nSPS) is 10.2. The molecule has 9 nitrogen and oxygen atoms in total. The van der Waals surface area contributed by atoms with Crippen LogP contribution in [0.1, 0.15) is 0 Å². The number of halogens is 1. The summed E-state index contributed by atoms with van der Waals surface area (Å²) in [5, 5.41) is 6.51. The first-order chi connectivity index (χ1) is 9.95. The average Bonchev–Trinajstić information content (AvgIpc) is 2.45. The molecule has 0 fully saturated rings. The fraction of sp³-hybridized carbons (Fsp3) is 0.455. The summed E-state index contributed by atoms with van der Waals surface area (Å²) in [5.41, 5.74) is 4.58. The average molecular weight is 319 g/mol. The number of nitrogens with zero attached hydrogens (tertiary/aromatic N) is 2. The van der Waals surface area contributed by atoms with Crippen LogP contribution in [0.5, 0.6) is 0 Å². The molecule has 10 heteroatoms. The lowest BCUT2D eigenvalue weighted by Gasteiger charge is -2.09. The number of nitrogens with two attached hydrogens (primary N) is 1. The molecule has 1 aromatic heterocycles. The number of nitrogens with one attached hydrogen (secondary N) is 1. The van der Waals surface area contributed by atoms with Crippen LogP contribution in [0.25, 0.3) is 0 Å². The first-order valence-electron chi connectivity index (χ1n) is 5.88. The monoisotopic (exact) mass is 318 g/mol.